The molecule has 4 rings (SSSR count). The van der Waals surface area contributed by atoms with Crippen molar-refractivity contribution in [2.45, 2.75) is 49.7 Å². The maximum absolute atomic E-state index is 12.8. The van der Waals surface area contributed by atoms with Gasteiger partial charge in [0.2, 0.25) is 5.91 Å². The van der Waals surface area contributed by atoms with E-state index in [0.717, 1.165) is 41.3 Å². The monoisotopic (exact) mass is 406 g/mol. The van der Waals surface area contributed by atoms with Gasteiger partial charge in [-0.15, -0.1) is 0 Å². The summed E-state index contributed by atoms with van der Waals surface area (Å²) in [7, 11) is 1.70. The maximum atomic E-state index is 12.8. The van der Waals surface area contributed by atoms with Gasteiger partial charge in [-0.2, -0.15) is 0 Å². The summed E-state index contributed by atoms with van der Waals surface area (Å²) in [4.78, 5) is 26.9. The van der Waals surface area contributed by atoms with Crippen molar-refractivity contribution in [3.05, 3.63) is 33.8 Å². The molecule has 2 fully saturated rings. The Hall–Kier alpha value is -1.40. The molecule has 0 bridgehead atoms. The highest BCUT2D eigenvalue weighted by molar-refractivity contribution is 9.10. The normalized spacial score (nSPS) is 29.2. The average Bonchev–Trinajstić information content (AvgIpc) is 3.31. The second-order valence-electron chi connectivity index (χ2n) is 7.96. The van der Waals surface area contributed by atoms with Gasteiger partial charge in [0.25, 0.3) is 5.91 Å². The number of hydrogen-bond donors (Lipinski definition) is 1. The topological polar surface area (TPSA) is 58.6 Å². The molecule has 6 heteroatoms. The fourth-order valence-corrected chi connectivity index (χ4v) is 4.60. The van der Waals surface area contributed by atoms with Crippen molar-refractivity contribution < 1.29 is 14.3 Å². The van der Waals surface area contributed by atoms with E-state index in [4.69, 9.17) is 4.74 Å². The van der Waals surface area contributed by atoms with Gasteiger partial charge in [0.05, 0.1) is 12.1 Å². The first-order valence-electron chi connectivity index (χ1n) is 8.78. The zero-order chi connectivity index (χ0) is 17.8. The summed E-state index contributed by atoms with van der Waals surface area (Å²) in [5, 5.41) is 3.03. The van der Waals surface area contributed by atoms with Crippen LogP contribution in [0, 0.1) is 0 Å². The van der Waals surface area contributed by atoms with Crippen molar-refractivity contribution in [1.82, 2.24) is 10.2 Å². The van der Waals surface area contributed by atoms with Crippen LogP contribution in [-0.2, 0) is 14.9 Å². The number of amides is 2. The van der Waals surface area contributed by atoms with Crippen LogP contribution in [0.4, 0.5) is 0 Å². The molecule has 1 aliphatic heterocycles. The first-order chi connectivity index (χ1) is 11.8. The molecule has 1 aromatic carbocycles. The van der Waals surface area contributed by atoms with Crippen molar-refractivity contribution in [3.8, 4) is 0 Å². The standard InChI is InChI=1S/C19H23BrN2O3/c1-18(25-2)8-13(9-18)21-16(23)10-22-11-19(5-6-19)15-7-12(20)3-4-14(15)17(22)24/h3-4,7,13H,5-6,8-11H2,1-2H3,(H,21,23)/t13-,18+. The fourth-order valence-electron chi connectivity index (χ4n) is 4.24. The van der Waals surface area contributed by atoms with Gasteiger partial charge in [0, 0.05) is 35.1 Å². The lowest BCUT2D eigenvalue weighted by Gasteiger charge is -2.44. The van der Waals surface area contributed by atoms with Gasteiger partial charge in [-0.3, -0.25) is 9.59 Å². The van der Waals surface area contributed by atoms with Crippen LogP contribution in [0.3, 0.4) is 0 Å². The molecule has 1 spiro atoms. The van der Waals surface area contributed by atoms with Gasteiger partial charge in [0.15, 0.2) is 0 Å². The molecule has 0 atom stereocenters. The smallest absolute Gasteiger partial charge is 0.254 e. The Bertz CT molecular complexity index is 738. The lowest BCUT2D eigenvalue weighted by Crippen LogP contribution is -2.56. The van der Waals surface area contributed by atoms with E-state index in [0.29, 0.717) is 6.54 Å². The van der Waals surface area contributed by atoms with E-state index in [1.54, 1.807) is 12.0 Å². The van der Waals surface area contributed by atoms with E-state index in [1.807, 2.05) is 12.1 Å². The van der Waals surface area contributed by atoms with E-state index >= 15 is 0 Å². The minimum Gasteiger partial charge on any atom is -0.378 e. The van der Waals surface area contributed by atoms with Crippen molar-refractivity contribution in [1.29, 1.82) is 0 Å². The summed E-state index contributed by atoms with van der Waals surface area (Å²) in [5.74, 6) is -0.113. The van der Waals surface area contributed by atoms with E-state index in [-0.39, 0.29) is 35.4 Å². The van der Waals surface area contributed by atoms with Crippen LogP contribution in [0.15, 0.2) is 22.7 Å². The van der Waals surface area contributed by atoms with Crippen molar-refractivity contribution in [3.63, 3.8) is 0 Å². The third-order valence-corrected chi connectivity index (χ3v) is 6.46. The zero-order valence-corrected chi connectivity index (χ0v) is 16.2. The minimum absolute atomic E-state index is 0.0366. The molecule has 1 aromatic rings. The highest BCUT2D eigenvalue weighted by atomic mass is 79.9. The summed E-state index contributed by atoms with van der Waals surface area (Å²) in [6.45, 7) is 2.83. The predicted molar refractivity (Wildman–Crippen MR) is 97.5 cm³/mol. The highest BCUT2D eigenvalue weighted by Crippen LogP contribution is 2.52. The number of benzene rings is 1. The molecular weight excluding hydrogens is 384 g/mol. The molecule has 2 amide bonds. The Balaban J connectivity index is 1.43. The molecule has 1 N–H and O–H groups in total. The number of fused-ring (bicyclic) bond motifs is 2. The number of carbonyl (C=O) groups is 2. The Labute approximate surface area is 156 Å². The molecule has 5 nitrogen and oxygen atoms in total. The SMILES string of the molecule is CO[C@]1(C)C[C@H](NC(=O)CN2CC3(CC3)c3cc(Br)ccc3C2=O)C1. The molecule has 0 unspecified atom stereocenters. The Morgan fingerprint density at radius 3 is 2.76 bits per heavy atom. The number of ether oxygens (including phenoxy) is 1. The first kappa shape index (κ1) is 17.0. The van der Waals surface area contributed by atoms with E-state index in [2.05, 4.69) is 34.2 Å². The first-order valence-corrected chi connectivity index (χ1v) is 9.57. The second kappa shape index (κ2) is 5.81. The highest BCUT2D eigenvalue weighted by Gasteiger charge is 2.51. The lowest BCUT2D eigenvalue weighted by molar-refractivity contribution is -0.127. The summed E-state index contributed by atoms with van der Waals surface area (Å²) in [6, 6.07) is 5.99. The maximum Gasteiger partial charge on any atom is 0.254 e. The van der Waals surface area contributed by atoms with E-state index < -0.39 is 0 Å². The summed E-state index contributed by atoms with van der Waals surface area (Å²) < 4.78 is 6.42. The van der Waals surface area contributed by atoms with Gasteiger partial charge >= 0.3 is 0 Å². The zero-order valence-electron chi connectivity index (χ0n) is 14.6. The van der Waals surface area contributed by atoms with Gasteiger partial charge in [0.1, 0.15) is 0 Å². The molecule has 134 valence electrons. The van der Waals surface area contributed by atoms with Crippen molar-refractivity contribution in [2.75, 3.05) is 20.2 Å². The van der Waals surface area contributed by atoms with Crippen LogP contribution in [-0.4, -0.2) is 48.6 Å². The average molecular weight is 407 g/mol. The number of hydrogen-bond acceptors (Lipinski definition) is 3. The number of rotatable bonds is 4. The number of nitrogens with one attached hydrogen (secondary N) is 1. The summed E-state index contributed by atoms with van der Waals surface area (Å²) in [5.41, 5.74) is 1.82. The number of carbonyl (C=O) groups excluding carboxylic acids is 2. The third-order valence-electron chi connectivity index (χ3n) is 5.97. The van der Waals surface area contributed by atoms with Crippen molar-refractivity contribution >= 4 is 27.7 Å². The quantitative estimate of drug-likeness (QED) is 0.835. The van der Waals surface area contributed by atoms with Gasteiger partial charge in [-0.05, 0) is 56.4 Å². The number of nitrogens with zero attached hydrogens (tertiary/aromatic N) is 1. The van der Waals surface area contributed by atoms with Crippen LogP contribution in [0.1, 0.15) is 48.5 Å². The minimum atomic E-state index is -0.122. The number of halogens is 1. The summed E-state index contributed by atoms with van der Waals surface area (Å²) >= 11 is 3.50. The van der Waals surface area contributed by atoms with Crippen LogP contribution >= 0.6 is 15.9 Å². The molecule has 25 heavy (non-hydrogen) atoms. The third kappa shape index (κ3) is 2.99. The van der Waals surface area contributed by atoms with Crippen LogP contribution in [0.2, 0.25) is 0 Å². The molecule has 0 aromatic heterocycles. The Kier molecular flexibility index (Phi) is 3.96. The Morgan fingerprint density at radius 2 is 2.12 bits per heavy atom. The van der Waals surface area contributed by atoms with Crippen LogP contribution < -0.4 is 5.32 Å². The molecule has 0 radical (unpaired) electrons. The fraction of sp³-hybridized carbons (Fsp3) is 0.579. The molecule has 2 saturated carbocycles. The Morgan fingerprint density at radius 1 is 1.40 bits per heavy atom. The summed E-state index contributed by atoms with van der Waals surface area (Å²) in [6.07, 6.45) is 3.81. The van der Waals surface area contributed by atoms with E-state index in [1.165, 1.54) is 0 Å². The second-order valence-corrected chi connectivity index (χ2v) is 8.87. The van der Waals surface area contributed by atoms with E-state index in [9.17, 15) is 9.59 Å². The van der Waals surface area contributed by atoms with Crippen LogP contribution in [0.25, 0.3) is 0 Å². The molecule has 3 aliphatic rings. The molecule has 1 heterocycles. The predicted octanol–water partition coefficient (Wildman–Crippen LogP) is 2.62. The lowest BCUT2D eigenvalue weighted by atomic mass is 9.77. The van der Waals surface area contributed by atoms with Crippen molar-refractivity contribution in [2.24, 2.45) is 0 Å². The molecule has 0 saturated heterocycles. The number of methoxy groups -OCH3 is 1. The van der Waals surface area contributed by atoms with Gasteiger partial charge in [-0.25, -0.2) is 0 Å². The molecular formula is C19H23BrN2O3. The van der Waals surface area contributed by atoms with Crippen LogP contribution in [0.5, 0.6) is 0 Å². The largest absolute Gasteiger partial charge is 0.378 e. The van der Waals surface area contributed by atoms with Gasteiger partial charge in [-0.1, -0.05) is 15.9 Å². The van der Waals surface area contributed by atoms with Gasteiger partial charge < -0.3 is 15.0 Å². The molecule has 2 aliphatic carbocycles.